The highest BCUT2D eigenvalue weighted by Crippen LogP contribution is 2.34. The second-order valence-corrected chi connectivity index (χ2v) is 13.2. The van der Waals surface area contributed by atoms with Gasteiger partial charge in [-0.1, -0.05) is 12.1 Å². The number of aliphatic hydroxyl groups excluding tert-OH is 3. The molecule has 1 saturated carbocycles. The fourth-order valence-corrected chi connectivity index (χ4v) is 7.42. The summed E-state index contributed by atoms with van der Waals surface area (Å²) >= 11 is 1.04. The molecule has 1 heterocycles. The lowest BCUT2D eigenvalue weighted by Gasteiger charge is -2.15. The van der Waals surface area contributed by atoms with Crippen molar-refractivity contribution in [2.24, 2.45) is 0 Å². The van der Waals surface area contributed by atoms with Crippen molar-refractivity contribution >= 4 is 49.1 Å². The van der Waals surface area contributed by atoms with Crippen molar-refractivity contribution in [1.29, 1.82) is 0 Å². The maximum absolute atomic E-state index is 13.2. The lowest BCUT2D eigenvalue weighted by molar-refractivity contribution is -0.126. The fourth-order valence-electron chi connectivity index (χ4n) is 4.31. The van der Waals surface area contributed by atoms with Crippen LogP contribution in [-0.2, 0) is 26.0 Å². The number of aromatic nitrogens is 1. The highest BCUT2D eigenvalue weighted by Gasteiger charge is 2.37. The van der Waals surface area contributed by atoms with E-state index in [0.717, 1.165) is 29.7 Å². The number of nitrogens with one attached hydrogen (secondary N) is 3. The Hall–Kier alpha value is -3.43. The Morgan fingerprint density at radius 3 is 2.38 bits per heavy atom. The SMILES string of the molecule is O=C(CNC(=O)C(c1nc2ccc(-c3ccc(C(=O)NCCCO)c(CO)c3)cc2s1)S(=O)(=O)CCCO)NC1CC1. The van der Waals surface area contributed by atoms with Gasteiger partial charge < -0.3 is 31.3 Å². The van der Waals surface area contributed by atoms with Gasteiger partial charge in [-0.05, 0) is 66.6 Å². The van der Waals surface area contributed by atoms with E-state index in [1.54, 1.807) is 36.4 Å². The van der Waals surface area contributed by atoms with Crippen LogP contribution >= 0.6 is 11.3 Å². The molecule has 0 aliphatic heterocycles. The van der Waals surface area contributed by atoms with E-state index < -0.39 is 32.7 Å². The molecule has 0 radical (unpaired) electrons. The van der Waals surface area contributed by atoms with Gasteiger partial charge in [-0.3, -0.25) is 14.4 Å². The van der Waals surface area contributed by atoms with Crippen LogP contribution < -0.4 is 16.0 Å². The molecule has 226 valence electrons. The van der Waals surface area contributed by atoms with Gasteiger partial charge in [0, 0.05) is 31.4 Å². The maximum Gasteiger partial charge on any atom is 0.251 e. The molecular formula is C28H34N4O8S2. The number of rotatable bonds is 15. The van der Waals surface area contributed by atoms with Gasteiger partial charge in [-0.25, -0.2) is 13.4 Å². The molecule has 3 aromatic rings. The average molecular weight is 619 g/mol. The van der Waals surface area contributed by atoms with Crippen molar-refractivity contribution < 1.29 is 38.1 Å². The van der Waals surface area contributed by atoms with Gasteiger partial charge in [0.05, 0.1) is 29.1 Å². The molecule has 1 aromatic heterocycles. The van der Waals surface area contributed by atoms with E-state index >= 15 is 0 Å². The molecule has 1 unspecified atom stereocenters. The lowest BCUT2D eigenvalue weighted by Crippen LogP contribution is -2.41. The Balaban J connectivity index is 1.60. The van der Waals surface area contributed by atoms with Crippen molar-refractivity contribution in [3.05, 3.63) is 52.5 Å². The zero-order valence-corrected chi connectivity index (χ0v) is 24.5. The first-order chi connectivity index (χ1) is 20.2. The predicted octanol–water partition coefficient (Wildman–Crippen LogP) is 0.801. The molecule has 12 nitrogen and oxygen atoms in total. The standard InChI is InChI=1S/C28H34N4O8S2/c33-10-1-9-29-26(37)21-7-3-17(13-19(21)16-35)18-4-8-22-23(14-18)41-28(32-22)25(42(39,40)12-2-11-34)27(38)30-15-24(36)31-20-5-6-20/h3-4,7-8,13-14,20,25,33-35H,1-2,5-6,9-12,15-16H2,(H,29,37)(H,30,38)(H,31,36). The molecule has 2 aromatic carbocycles. The first kappa shape index (κ1) is 31.5. The van der Waals surface area contributed by atoms with Crippen molar-refractivity contribution in [1.82, 2.24) is 20.9 Å². The van der Waals surface area contributed by atoms with E-state index in [9.17, 15) is 33.0 Å². The van der Waals surface area contributed by atoms with Crippen LogP contribution in [0.25, 0.3) is 21.3 Å². The zero-order chi connectivity index (χ0) is 30.3. The number of hydrogen-bond donors (Lipinski definition) is 6. The van der Waals surface area contributed by atoms with E-state index in [2.05, 4.69) is 20.9 Å². The highest BCUT2D eigenvalue weighted by molar-refractivity contribution is 7.92. The van der Waals surface area contributed by atoms with E-state index in [-0.39, 0.29) is 49.7 Å². The number of amides is 3. The number of benzene rings is 2. The Bertz CT molecular complexity index is 1550. The van der Waals surface area contributed by atoms with E-state index in [4.69, 9.17) is 5.11 Å². The second-order valence-electron chi connectivity index (χ2n) is 9.98. The van der Waals surface area contributed by atoms with Crippen LogP contribution in [0, 0.1) is 0 Å². The minimum absolute atomic E-state index is 0.0473. The smallest absolute Gasteiger partial charge is 0.251 e. The third-order valence-electron chi connectivity index (χ3n) is 6.65. The summed E-state index contributed by atoms with van der Waals surface area (Å²) in [6, 6.07) is 10.4. The van der Waals surface area contributed by atoms with Gasteiger partial charge in [0.2, 0.25) is 11.8 Å². The minimum atomic E-state index is -4.07. The van der Waals surface area contributed by atoms with Gasteiger partial charge in [-0.2, -0.15) is 0 Å². The number of sulfone groups is 1. The molecule has 42 heavy (non-hydrogen) atoms. The third kappa shape index (κ3) is 7.89. The monoisotopic (exact) mass is 618 g/mol. The first-order valence-electron chi connectivity index (χ1n) is 13.6. The number of carbonyl (C=O) groups is 3. The number of aliphatic hydroxyl groups is 3. The molecule has 0 spiro atoms. The molecule has 14 heteroatoms. The van der Waals surface area contributed by atoms with Crippen LogP contribution in [0.5, 0.6) is 0 Å². The summed E-state index contributed by atoms with van der Waals surface area (Å²) in [5, 5.41) is 34.3. The molecular weight excluding hydrogens is 584 g/mol. The Morgan fingerprint density at radius 2 is 1.69 bits per heavy atom. The summed E-state index contributed by atoms with van der Waals surface area (Å²) in [5.74, 6) is -2.06. The average Bonchev–Trinajstić information content (AvgIpc) is 3.69. The quantitative estimate of drug-likeness (QED) is 0.134. The second kappa shape index (κ2) is 14.2. The van der Waals surface area contributed by atoms with E-state index in [1.165, 1.54) is 0 Å². The van der Waals surface area contributed by atoms with Gasteiger partial charge in [0.1, 0.15) is 5.01 Å². The molecule has 1 fully saturated rings. The molecule has 0 saturated heterocycles. The fraction of sp³-hybridized carbons (Fsp3) is 0.429. The molecule has 6 N–H and O–H groups in total. The largest absolute Gasteiger partial charge is 0.396 e. The van der Waals surface area contributed by atoms with Crippen LogP contribution in [0.3, 0.4) is 0 Å². The summed E-state index contributed by atoms with van der Waals surface area (Å²) in [7, 11) is -4.07. The van der Waals surface area contributed by atoms with E-state index in [1.807, 2.05) is 0 Å². The zero-order valence-electron chi connectivity index (χ0n) is 22.8. The number of nitrogens with zero attached hydrogens (tertiary/aromatic N) is 1. The number of hydrogen-bond acceptors (Lipinski definition) is 10. The molecule has 1 atom stereocenters. The number of thiazole rings is 1. The van der Waals surface area contributed by atoms with Gasteiger partial charge in [-0.15, -0.1) is 11.3 Å². The maximum atomic E-state index is 13.2. The normalized spacial score (nSPS) is 14.0. The van der Waals surface area contributed by atoms with Gasteiger partial charge in [0.15, 0.2) is 15.1 Å². The third-order valence-corrected chi connectivity index (χ3v) is 9.90. The van der Waals surface area contributed by atoms with E-state index in [0.29, 0.717) is 39.9 Å². The van der Waals surface area contributed by atoms with Crippen LogP contribution in [0.15, 0.2) is 36.4 Å². The van der Waals surface area contributed by atoms with Crippen LogP contribution in [0.4, 0.5) is 0 Å². The Labute approximate surface area is 247 Å². The van der Waals surface area contributed by atoms with Crippen molar-refractivity contribution in [2.75, 3.05) is 32.1 Å². The minimum Gasteiger partial charge on any atom is -0.396 e. The topological polar surface area (TPSA) is 195 Å². The summed E-state index contributed by atoms with van der Waals surface area (Å²) < 4.78 is 27.0. The van der Waals surface area contributed by atoms with Crippen LogP contribution in [0.2, 0.25) is 0 Å². The molecule has 1 aliphatic carbocycles. The highest BCUT2D eigenvalue weighted by atomic mass is 32.2. The Morgan fingerprint density at radius 1 is 0.976 bits per heavy atom. The van der Waals surface area contributed by atoms with Crippen LogP contribution in [0.1, 0.15) is 51.9 Å². The predicted molar refractivity (Wildman–Crippen MR) is 157 cm³/mol. The summed E-state index contributed by atoms with van der Waals surface area (Å²) in [6.45, 7) is -0.844. The molecule has 0 bridgehead atoms. The number of fused-ring (bicyclic) bond motifs is 1. The first-order valence-corrected chi connectivity index (χ1v) is 16.1. The molecule has 1 aliphatic rings. The van der Waals surface area contributed by atoms with Crippen molar-refractivity contribution in [2.45, 2.75) is 43.6 Å². The summed E-state index contributed by atoms with van der Waals surface area (Å²) in [6.07, 6.45) is 2.11. The van der Waals surface area contributed by atoms with Crippen LogP contribution in [-0.4, -0.2) is 84.5 Å². The van der Waals surface area contributed by atoms with Gasteiger partial charge >= 0.3 is 0 Å². The lowest BCUT2D eigenvalue weighted by atomic mass is 9.99. The summed E-state index contributed by atoms with van der Waals surface area (Å²) in [5.41, 5.74) is 2.63. The number of carbonyl (C=O) groups excluding carboxylic acids is 3. The van der Waals surface area contributed by atoms with Crippen molar-refractivity contribution in [3.63, 3.8) is 0 Å². The molecule has 3 amide bonds. The Kier molecular flexibility index (Phi) is 10.6. The molecule has 4 rings (SSSR count). The van der Waals surface area contributed by atoms with Gasteiger partial charge in [0.25, 0.3) is 5.91 Å². The van der Waals surface area contributed by atoms with Crippen molar-refractivity contribution in [3.8, 4) is 11.1 Å². The summed E-state index contributed by atoms with van der Waals surface area (Å²) in [4.78, 5) is 42.2.